The number of allylic oxidation sites excluding steroid dienone is 1. The van der Waals surface area contributed by atoms with Crippen molar-refractivity contribution >= 4 is 17.2 Å². The highest BCUT2D eigenvalue weighted by Gasteiger charge is 2.38. The standard InChI is InChI=1S/C25H27NO2/c1-28-25(27)20-12-13-21-23(18-10-6-3-7-11-18)22(17-8-4-2-5-9-17)16-26-15-14-19(20)24(21)26/h2,4-5,8-9,12-13,16,18,23H,3,6-7,10-11,14-15H2,1H3. The van der Waals surface area contributed by atoms with Crippen molar-refractivity contribution in [3.63, 3.8) is 0 Å². The summed E-state index contributed by atoms with van der Waals surface area (Å²) in [5.41, 5.74) is 7.37. The highest BCUT2D eigenvalue weighted by molar-refractivity contribution is 5.96. The monoisotopic (exact) mass is 373 g/mol. The summed E-state index contributed by atoms with van der Waals surface area (Å²) < 4.78 is 5.05. The van der Waals surface area contributed by atoms with E-state index in [0.717, 1.165) is 18.5 Å². The molecule has 0 aromatic heterocycles. The molecule has 1 aliphatic carbocycles. The lowest BCUT2D eigenvalue weighted by Crippen LogP contribution is -2.26. The zero-order valence-electron chi connectivity index (χ0n) is 16.5. The van der Waals surface area contributed by atoms with Gasteiger partial charge in [-0.15, -0.1) is 0 Å². The van der Waals surface area contributed by atoms with E-state index in [2.05, 4.69) is 47.5 Å². The Morgan fingerprint density at radius 1 is 1.04 bits per heavy atom. The number of nitrogens with zero attached hydrogens (tertiary/aromatic N) is 1. The lowest BCUT2D eigenvalue weighted by Gasteiger charge is -2.39. The first-order valence-corrected chi connectivity index (χ1v) is 10.6. The number of carbonyl (C=O) groups excluding carboxylic acids is 1. The van der Waals surface area contributed by atoms with Crippen LogP contribution in [0.2, 0.25) is 0 Å². The molecule has 2 aromatic carbocycles. The summed E-state index contributed by atoms with van der Waals surface area (Å²) in [5, 5.41) is 0. The van der Waals surface area contributed by atoms with Crippen LogP contribution in [0.25, 0.3) is 5.57 Å². The summed E-state index contributed by atoms with van der Waals surface area (Å²) in [5.74, 6) is 0.875. The largest absolute Gasteiger partial charge is 0.465 e. The minimum absolute atomic E-state index is 0.216. The molecule has 0 spiro atoms. The average Bonchev–Trinajstić information content (AvgIpc) is 3.19. The molecule has 5 rings (SSSR count). The summed E-state index contributed by atoms with van der Waals surface area (Å²) in [6.07, 6.45) is 9.88. The van der Waals surface area contributed by atoms with Crippen LogP contribution in [-0.4, -0.2) is 19.6 Å². The van der Waals surface area contributed by atoms with Crippen molar-refractivity contribution in [1.29, 1.82) is 0 Å². The van der Waals surface area contributed by atoms with Crippen LogP contribution in [0.5, 0.6) is 0 Å². The number of anilines is 1. The summed E-state index contributed by atoms with van der Waals surface area (Å²) in [6.45, 7) is 0.935. The number of carbonyl (C=O) groups is 1. The fourth-order valence-corrected chi connectivity index (χ4v) is 5.55. The lowest BCUT2D eigenvalue weighted by molar-refractivity contribution is 0.0599. The summed E-state index contributed by atoms with van der Waals surface area (Å²) in [7, 11) is 1.47. The molecule has 0 saturated heterocycles. The first-order valence-electron chi connectivity index (χ1n) is 10.6. The van der Waals surface area contributed by atoms with Crippen LogP contribution in [0, 0.1) is 5.92 Å². The average molecular weight is 373 g/mol. The molecule has 28 heavy (non-hydrogen) atoms. The van der Waals surface area contributed by atoms with E-state index in [4.69, 9.17) is 4.74 Å². The van der Waals surface area contributed by atoms with E-state index >= 15 is 0 Å². The van der Waals surface area contributed by atoms with Crippen LogP contribution in [0.1, 0.15) is 65.1 Å². The molecule has 3 nitrogen and oxygen atoms in total. The van der Waals surface area contributed by atoms with Gasteiger partial charge in [0.25, 0.3) is 0 Å². The van der Waals surface area contributed by atoms with Gasteiger partial charge in [0.2, 0.25) is 0 Å². The Balaban J connectivity index is 1.67. The van der Waals surface area contributed by atoms with Crippen LogP contribution < -0.4 is 4.90 Å². The van der Waals surface area contributed by atoms with E-state index in [1.165, 1.54) is 67.2 Å². The van der Waals surface area contributed by atoms with Crippen LogP contribution in [0.4, 0.5) is 5.69 Å². The third-order valence-electron chi connectivity index (χ3n) is 6.80. The third kappa shape index (κ3) is 2.76. The lowest BCUT2D eigenvalue weighted by atomic mass is 9.70. The molecule has 0 amide bonds. The molecule has 3 aliphatic rings. The van der Waals surface area contributed by atoms with E-state index in [0.29, 0.717) is 11.8 Å². The number of hydrogen-bond donors (Lipinski definition) is 0. The van der Waals surface area contributed by atoms with Gasteiger partial charge < -0.3 is 9.64 Å². The smallest absolute Gasteiger partial charge is 0.338 e. The van der Waals surface area contributed by atoms with Crippen LogP contribution in [-0.2, 0) is 11.2 Å². The normalized spacial score (nSPS) is 21.2. The van der Waals surface area contributed by atoms with Gasteiger partial charge in [-0.05, 0) is 53.5 Å². The Morgan fingerprint density at radius 3 is 2.57 bits per heavy atom. The quantitative estimate of drug-likeness (QED) is 0.660. The minimum atomic E-state index is -0.216. The molecule has 2 aromatic rings. The van der Waals surface area contributed by atoms with Crippen molar-refractivity contribution < 1.29 is 9.53 Å². The molecule has 2 aliphatic heterocycles. The fraction of sp³-hybridized carbons (Fsp3) is 0.400. The van der Waals surface area contributed by atoms with Crippen LogP contribution in [0.15, 0.2) is 48.7 Å². The fourth-order valence-electron chi connectivity index (χ4n) is 5.55. The van der Waals surface area contributed by atoms with E-state index in [-0.39, 0.29) is 5.97 Å². The van der Waals surface area contributed by atoms with Gasteiger partial charge in [-0.2, -0.15) is 0 Å². The maximum absolute atomic E-state index is 12.3. The number of rotatable bonds is 3. The predicted octanol–water partition coefficient (Wildman–Crippen LogP) is 5.55. The van der Waals surface area contributed by atoms with E-state index in [1.807, 2.05) is 6.07 Å². The molecule has 1 atom stereocenters. The highest BCUT2D eigenvalue weighted by Crippen LogP contribution is 2.52. The van der Waals surface area contributed by atoms with Crippen molar-refractivity contribution in [2.24, 2.45) is 5.92 Å². The summed E-state index contributed by atoms with van der Waals surface area (Å²) in [6, 6.07) is 15.1. The van der Waals surface area contributed by atoms with Crippen molar-refractivity contribution in [3.05, 3.63) is 70.9 Å². The van der Waals surface area contributed by atoms with Crippen molar-refractivity contribution in [2.45, 2.75) is 44.4 Å². The number of esters is 1. The molecule has 1 saturated carbocycles. The first kappa shape index (κ1) is 17.5. The number of methoxy groups -OCH3 is 1. The molecule has 0 N–H and O–H groups in total. The Hall–Kier alpha value is -2.55. The van der Waals surface area contributed by atoms with E-state index in [1.54, 1.807) is 0 Å². The molecular weight excluding hydrogens is 346 g/mol. The van der Waals surface area contributed by atoms with Crippen molar-refractivity contribution in [1.82, 2.24) is 0 Å². The minimum Gasteiger partial charge on any atom is -0.465 e. The van der Waals surface area contributed by atoms with Gasteiger partial charge in [0.15, 0.2) is 0 Å². The van der Waals surface area contributed by atoms with Crippen LogP contribution in [0.3, 0.4) is 0 Å². The maximum atomic E-state index is 12.3. The van der Waals surface area contributed by atoms with Gasteiger partial charge >= 0.3 is 5.97 Å². The second-order valence-electron chi connectivity index (χ2n) is 8.29. The summed E-state index contributed by atoms with van der Waals surface area (Å²) >= 11 is 0. The number of hydrogen-bond acceptors (Lipinski definition) is 3. The Bertz CT molecular complexity index is 925. The molecule has 0 bridgehead atoms. The van der Waals surface area contributed by atoms with Gasteiger partial charge in [-0.25, -0.2) is 4.79 Å². The van der Waals surface area contributed by atoms with Gasteiger partial charge in [-0.1, -0.05) is 55.7 Å². The van der Waals surface area contributed by atoms with E-state index < -0.39 is 0 Å². The van der Waals surface area contributed by atoms with Gasteiger partial charge in [0.1, 0.15) is 0 Å². The highest BCUT2D eigenvalue weighted by atomic mass is 16.5. The first-order chi connectivity index (χ1) is 13.8. The summed E-state index contributed by atoms with van der Waals surface area (Å²) in [4.78, 5) is 14.7. The Kier molecular flexibility index (Phi) is 4.46. The predicted molar refractivity (Wildman–Crippen MR) is 113 cm³/mol. The molecule has 1 fully saturated rings. The molecule has 144 valence electrons. The molecular formula is C25H27NO2. The van der Waals surface area contributed by atoms with E-state index in [9.17, 15) is 4.79 Å². The topological polar surface area (TPSA) is 29.5 Å². The zero-order valence-corrected chi connectivity index (χ0v) is 16.5. The molecule has 1 unspecified atom stereocenters. The SMILES string of the molecule is COC(=O)c1ccc2c3c1CCN3C=C(c1ccccc1)C2C1CCCCC1. The Morgan fingerprint density at radius 2 is 1.82 bits per heavy atom. The molecule has 3 heteroatoms. The van der Waals surface area contributed by atoms with Crippen LogP contribution >= 0.6 is 0 Å². The second kappa shape index (κ2) is 7.12. The molecule has 0 radical (unpaired) electrons. The second-order valence-corrected chi connectivity index (χ2v) is 8.29. The number of ether oxygens (including phenoxy) is 1. The molecule has 2 heterocycles. The van der Waals surface area contributed by atoms with Crippen molar-refractivity contribution in [3.8, 4) is 0 Å². The van der Waals surface area contributed by atoms with Gasteiger partial charge in [0.05, 0.1) is 12.7 Å². The number of benzene rings is 2. The van der Waals surface area contributed by atoms with Gasteiger partial charge in [-0.3, -0.25) is 0 Å². The third-order valence-corrected chi connectivity index (χ3v) is 6.80. The maximum Gasteiger partial charge on any atom is 0.338 e. The Labute approximate surface area is 167 Å². The van der Waals surface area contributed by atoms with Gasteiger partial charge in [0, 0.05) is 24.4 Å². The van der Waals surface area contributed by atoms with Crippen molar-refractivity contribution in [2.75, 3.05) is 18.6 Å². The zero-order chi connectivity index (χ0) is 19.1.